The van der Waals surface area contributed by atoms with Crippen LogP contribution in [0.3, 0.4) is 0 Å². The first kappa shape index (κ1) is 17.4. The summed E-state index contributed by atoms with van der Waals surface area (Å²) < 4.78 is 35.7. The number of halogens is 1. The molecule has 118 valence electrons. The molecule has 0 amide bonds. The summed E-state index contributed by atoms with van der Waals surface area (Å²) in [6, 6.07) is 6.46. The summed E-state index contributed by atoms with van der Waals surface area (Å²) in [6.45, 7) is 2.19. The van der Waals surface area contributed by atoms with Crippen LogP contribution in [0.4, 0.5) is 4.39 Å². The number of aliphatic imine (C=N–C) groups is 1. The maximum atomic E-state index is 13.5. The number of hydrogen-bond acceptors (Lipinski definition) is 3. The molecule has 5 nitrogen and oxygen atoms in total. The van der Waals surface area contributed by atoms with Crippen LogP contribution in [0, 0.1) is 5.82 Å². The predicted molar refractivity (Wildman–Crippen MR) is 83.5 cm³/mol. The molecule has 1 aromatic carbocycles. The van der Waals surface area contributed by atoms with Crippen molar-refractivity contribution in [1.29, 1.82) is 0 Å². The van der Waals surface area contributed by atoms with E-state index in [4.69, 9.17) is 0 Å². The Bertz CT molecular complexity index is 588. The van der Waals surface area contributed by atoms with Gasteiger partial charge in [-0.1, -0.05) is 18.2 Å². The molecule has 0 heterocycles. The van der Waals surface area contributed by atoms with Crippen molar-refractivity contribution in [3.8, 4) is 0 Å². The van der Waals surface area contributed by atoms with Gasteiger partial charge in [-0.15, -0.1) is 0 Å². The second-order valence-electron chi connectivity index (χ2n) is 4.98. The summed E-state index contributed by atoms with van der Waals surface area (Å²) in [7, 11) is -1.36. The molecule has 2 N–H and O–H groups in total. The number of rotatable bonds is 6. The van der Waals surface area contributed by atoms with Crippen molar-refractivity contribution in [3.05, 3.63) is 35.6 Å². The zero-order valence-electron chi connectivity index (χ0n) is 12.6. The summed E-state index contributed by atoms with van der Waals surface area (Å²) >= 11 is 0. The summed E-state index contributed by atoms with van der Waals surface area (Å²) in [6.07, 6.45) is 1.70. The van der Waals surface area contributed by atoms with Crippen LogP contribution < -0.4 is 10.6 Å². The monoisotopic (exact) mass is 315 g/mol. The van der Waals surface area contributed by atoms with Gasteiger partial charge in [-0.3, -0.25) is 4.99 Å². The van der Waals surface area contributed by atoms with Gasteiger partial charge in [-0.2, -0.15) is 0 Å². The molecule has 1 unspecified atom stereocenters. The van der Waals surface area contributed by atoms with Gasteiger partial charge in [0.15, 0.2) is 5.96 Å². The predicted octanol–water partition coefficient (Wildman–Crippen LogP) is 1.31. The largest absolute Gasteiger partial charge is 0.354 e. The third kappa shape index (κ3) is 7.08. The molecule has 1 aromatic rings. The topological polar surface area (TPSA) is 70.6 Å². The van der Waals surface area contributed by atoms with E-state index in [2.05, 4.69) is 15.6 Å². The Balaban J connectivity index is 2.47. The first-order valence-electron chi connectivity index (χ1n) is 6.70. The van der Waals surface area contributed by atoms with E-state index in [0.29, 0.717) is 24.5 Å². The zero-order valence-corrected chi connectivity index (χ0v) is 13.4. The molecule has 0 radical (unpaired) electrons. The smallest absolute Gasteiger partial charge is 0.191 e. The lowest BCUT2D eigenvalue weighted by molar-refractivity contribution is 0.578. The second kappa shape index (κ2) is 7.97. The number of nitrogens with zero attached hydrogens (tertiary/aromatic N) is 1. The standard InChI is InChI=1S/C14H22FN3O2S/c1-11(8-9-21(3,19)20)18-14(16-2)17-10-12-6-4-5-7-13(12)15/h4-7,11H,8-10H2,1-3H3,(H2,16,17,18). The van der Waals surface area contributed by atoms with Crippen molar-refractivity contribution in [2.45, 2.75) is 25.9 Å². The average molecular weight is 315 g/mol. The van der Waals surface area contributed by atoms with Gasteiger partial charge in [0.05, 0.1) is 5.75 Å². The zero-order chi connectivity index (χ0) is 15.9. The van der Waals surface area contributed by atoms with Gasteiger partial charge in [-0.05, 0) is 19.4 Å². The molecule has 0 aromatic heterocycles. The first-order valence-corrected chi connectivity index (χ1v) is 8.76. The van der Waals surface area contributed by atoms with Gasteiger partial charge in [0.2, 0.25) is 0 Å². The lowest BCUT2D eigenvalue weighted by Gasteiger charge is -2.17. The summed E-state index contributed by atoms with van der Waals surface area (Å²) in [5.41, 5.74) is 0.546. The van der Waals surface area contributed by atoms with Gasteiger partial charge in [-0.25, -0.2) is 12.8 Å². The van der Waals surface area contributed by atoms with Gasteiger partial charge in [0.25, 0.3) is 0 Å². The van der Waals surface area contributed by atoms with E-state index < -0.39 is 9.84 Å². The second-order valence-corrected chi connectivity index (χ2v) is 7.24. The van der Waals surface area contributed by atoms with E-state index >= 15 is 0 Å². The number of benzene rings is 1. The van der Waals surface area contributed by atoms with Crippen molar-refractivity contribution in [2.75, 3.05) is 19.1 Å². The number of nitrogens with one attached hydrogen (secondary N) is 2. The van der Waals surface area contributed by atoms with E-state index in [1.54, 1.807) is 25.2 Å². The highest BCUT2D eigenvalue weighted by Crippen LogP contribution is 2.05. The third-order valence-corrected chi connectivity index (χ3v) is 3.91. The molecule has 0 spiro atoms. The minimum absolute atomic E-state index is 0.0495. The Hall–Kier alpha value is -1.63. The van der Waals surface area contributed by atoms with Crippen LogP contribution in [0.15, 0.2) is 29.3 Å². The lowest BCUT2D eigenvalue weighted by atomic mass is 10.2. The van der Waals surface area contributed by atoms with Crippen molar-refractivity contribution in [2.24, 2.45) is 4.99 Å². The Morgan fingerprint density at radius 1 is 1.38 bits per heavy atom. The Labute approximate surface area is 125 Å². The number of hydrogen-bond donors (Lipinski definition) is 2. The van der Waals surface area contributed by atoms with Crippen molar-refractivity contribution < 1.29 is 12.8 Å². The van der Waals surface area contributed by atoms with Gasteiger partial charge >= 0.3 is 0 Å². The fraction of sp³-hybridized carbons (Fsp3) is 0.500. The van der Waals surface area contributed by atoms with Crippen molar-refractivity contribution in [3.63, 3.8) is 0 Å². The summed E-state index contributed by atoms with van der Waals surface area (Å²) in [5, 5.41) is 6.08. The summed E-state index contributed by atoms with van der Waals surface area (Å²) in [4.78, 5) is 4.04. The molecule has 21 heavy (non-hydrogen) atoms. The van der Waals surface area contributed by atoms with Crippen molar-refractivity contribution in [1.82, 2.24) is 10.6 Å². The molecule has 0 fully saturated rings. The van der Waals surface area contributed by atoms with Gasteiger partial charge in [0, 0.05) is 31.5 Å². The minimum Gasteiger partial charge on any atom is -0.354 e. The van der Waals surface area contributed by atoms with E-state index in [-0.39, 0.29) is 17.6 Å². The van der Waals surface area contributed by atoms with E-state index in [1.807, 2.05) is 6.92 Å². The quantitative estimate of drug-likeness (QED) is 0.613. The highest BCUT2D eigenvalue weighted by atomic mass is 32.2. The Kier molecular flexibility index (Phi) is 6.61. The normalized spacial score (nSPS) is 13.8. The van der Waals surface area contributed by atoms with E-state index in [1.165, 1.54) is 12.3 Å². The molecule has 0 aliphatic rings. The van der Waals surface area contributed by atoms with E-state index in [9.17, 15) is 12.8 Å². The van der Waals surface area contributed by atoms with Crippen LogP contribution >= 0.6 is 0 Å². The molecular formula is C14H22FN3O2S. The Morgan fingerprint density at radius 3 is 2.62 bits per heavy atom. The van der Waals surface area contributed by atoms with Gasteiger partial charge in [0.1, 0.15) is 15.7 Å². The molecule has 1 rings (SSSR count). The molecule has 0 bridgehead atoms. The van der Waals surface area contributed by atoms with E-state index in [0.717, 1.165) is 0 Å². The number of sulfone groups is 1. The van der Waals surface area contributed by atoms with Gasteiger partial charge < -0.3 is 10.6 Å². The third-order valence-electron chi connectivity index (χ3n) is 2.93. The first-order chi connectivity index (χ1) is 9.81. The highest BCUT2D eigenvalue weighted by molar-refractivity contribution is 7.90. The van der Waals surface area contributed by atoms with Crippen molar-refractivity contribution >= 4 is 15.8 Å². The summed E-state index contributed by atoms with van der Waals surface area (Å²) in [5.74, 6) is 0.357. The molecule has 0 saturated carbocycles. The molecule has 7 heteroatoms. The SMILES string of the molecule is CN=C(NCc1ccccc1F)NC(C)CCS(C)(=O)=O. The lowest BCUT2D eigenvalue weighted by Crippen LogP contribution is -2.42. The molecule has 0 saturated heterocycles. The van der Waals surface area contributed by atoms with Crippen LogP contribution in [0.2, 0.25) is 0 Å². The van der Waals surface area contributed by atoms with Crippen LogP contribution in [0.5, 0.6) is 0 Å². The van der Waals surface area contributed by atoms with Crippen LogP contribution in [0.25, 0.3) is 0 Å². The maximum absolute atomic E-state index is 13.5. The Morgan fingerprint density at radius 2 is 2.05 bits per heavy atom. The molecular weight excluding hydrogens is 293 g/mol. The van der Waals surface area contributed by atoms with Crippen LogP contribution in [0.1, 0.15) is 18.9 Å². The average Bonchev–Trinajstić information content (AvgIpc) is 2.42. The fourth-order valence-corrected chi connectivity index (χ4v) is 2.49. The highest BCUT2D eigenvalue weighted by Gasteiger charge is 2.10. The molecule has 0 aliphatic carbocycles. The molecule has 0 aliphatic heterocycles. The minimum atomic E-state index is -2.97. The van der Waals surface area contributed by atoms with Crippen LogP contribution in [-0.2, 0) is 16.4 Å². The van der Waals surface area contributed by atoms with Crippen LogP contribution in [-0.4, -0.2) is 39.5 Å². The maximum Gasteiger partial charge on any atom is 0.191 e. The molecule has 1 atom stereocenters. The number of guanidine groups is 1. The fourth-order valence-electron chi connectivity index (χ4n) is 1.71.